The molecule has 0 saturated carbocycles. The fourth-order valence-corrected chi connectivity index (χ4v) is 2.51. The van der Waals surface area contributed by atoms with E-state index in [1.807, 2.05) is 0 Å². The molecule has 2 nitrogen and oxygen atoms in total. The molecule has 0 saturated heterocycles. The number of aromatic carboxylic acids is 1. The first-order valence-corrected chi connectivity index (χ1v) is 5.04. The number of carboxylic acid groups (broad SMARTS) is 1. The molecular weight excluding hydrogens is 331 g/mol. The monoisotopic (exact) mass is 332 g/mol. The highest BCUT2D eigenvalue weighted by molar-refractivity contribution is 14.1. The molecule has 1 heterocycles. The average molecular weight is 333 g/mol. The van der Waals surface area contributed by atoms with Gasteiger partial charge in [0.1, 0.15) is 0 Å². The van der Waals surface area contributed by atoms with Crippen molar-refractivity contribution in [2.45, 2.75) is 0 Å². The predicted molar refractivity (Wildman–Crippen MR) is 51.7 cm³/mol. The van der Waals surface area contributed by atoms with E-state index in [9.17, 15) is 4.79 Å². The number of thiophene rings is 1. The topological polar surface area (TPSA) is 37.3 Å². The number of carbonyl (C=O) groups is 1. The molecule has 1 N–H and O–H groups in total. The first-order chi connectivity index (χ1) is 4.63. The summed E-state index contributed by atoms with van der Waals surface area (Å²) in [6, 6.07) is 0. The van der Waals surface area contributed by atoms with E-state index in [4.69, 9.17) is 5.11 Å². The van der Waals surface area contributed by atoms with Gasteiger partial charge in [-0.05, 0) is 38.5 Å². The van der Waals surface area contributed by atoms with Gasteiger partial charge in [0.2, 0.25) is 0 Å². The van der Waals surface area contributed by atoms with Gasteiger partial charge in [-0.3, -0.25) is 0 Å². The Morgan fingerprint density at radius 2 is 2.40 bits per heavy atom. The molecule has 10 heavy (non-hydrogen) atoms. The molecule has 0 fully saturated rings. The molecule has 1 aromatic rings. The van der Waals surface area contributed by atoms with Crippen molar-refractivity contribution in [3.05, 3.63) is 18.3 Å². The summed E-state index contributed by atoms with van der Waals surface area (Å²) in [5.41, 5.74) is 0.342. The zero-order chi connectivity index (χ0) is 7.72. The van der Waals surface area contributed by atoms with Crippen molar-refractivity contribution in [1.29, 1.82) is 0 Å². The van der Waals surface area contributed by atoms with Gasteiger partial charge in [-0.2, -0.15) is 0 Å². The van der Waals surface area contributed by atoms with Gasteiger partial charge in [-0.15, -0.1) is 11.3 Å². The third-order valence-corrected chi connectivity index (χ3v) is 4.81. The molecule has 0 aliphatic heterocycles. The average Bonchev–Trinajstić information content (AvgIpc) is 2.14. The largest absolute Gasteiger partial charge is 0.478 e. The van der Waals surface area contributed by atoms with Gasteiger partial charge in [-0.1, -0.05) is 0 Å². The maximum atomic E-state index is 10.4. The highest BCUT2D eigenvalue weighted by atomic mass is 127. The summed E-state index contributed by atoms with van der Waals surface area (Å²) < 4.78 is 1.65. The van der Waals surface area contributed by atoms with Crippen molar-refractivity contribution in [1.82, 2.24) is 0 Å². The van der Waals surface area contributed by atoms with Gasteiger partial charge < -0.3 is 5.11 Å². The molecule has 5 heteroatoms. The predicted octanol–water partition coefficient (Wildman–Crippen LogP) is 2.81. The summed E-state index contributed by atoms with van der Waals surface area (Å²) >= 11 is 6.68. The van der Waals surface area contributed by atoms with Crippen LogP contribution in [0, 0.1) is 2.88 Å². The van der Waals surface area contributed by atoms with Crippen LogP contribution in [0.3, 0.4) is 0 Å². The van der Waals surface area contributed by atoms with E-state index in [1.54, 1.807) is 5.38 Å². The van der Waals surface area contributed by atoms with Crippen molar-refractivity contribution in [3.8, 4) is 0 Å². The number of hydrogen-bond acceptors (Lipinski definition) is 2. The number of rotatable bonds is 1. The third kappa shape index (κ3) is 1.51. The second-order valence-corrected chi connectivity index (χ2v) is 5.03. The van der Waals surface area contributed by atoms with Crippen LogP contribution in [0.25, 0.3) is 0 Å². The lowest BCUT2D eigenvalue weighted by atomic mass is 10.4. The SMILES string of the molecule is O=C(O)c1csc(I)c1Br. The molecule has 0 radical (unpaired) electrons. The number of carboxylic acids is 1. The minimum Gasteiger partial charge on any atom is -0.478 e. The van der Waals surface area contributed by atoms with Crippen LogP contribution < -0.4 is 0 Å². The van der Waals surface area contributed by atoms with Crippen molar-refractivity contribution in [2.24, 2.45) is 0 Å². The van der Waals surface area contributed by atoms with E-state index < -0.39 is 5.97 Å². The highest BCUT2D eigenvalue weighted by Gasteiger charge is 2.11. The second kappa shape index (κ2) is 3.19. The molecule has 0 spiro atoms. The summed E-state index contributed by atoms with van der Waals surface area (Å²) in [4.78, 5) is 10.4. The Morgan fingerprint density at radius 3 is 2.60 bits per heavy atom. The minimum absolute atomic E-state index is 0.342. The van der Waals surface area contributed by atoms with E-state index in [-0.39, 0.29) is 0 Å². The van der Waals surface area contributed by atoms with Crippen LogP contribution in [0.4, 0.5) is 0 Å². The molecular formula is C5H2BrIO2S. The van der Waals surface area contributed by atoms with Gasteiger partial charge in [0.15, 0.2) is 0 Å². The van der Waals surface area contributed by atoms with Crippen LogP contribution in [0.2, 0.25) is 0 Å². The first-order valence-electron chi connectivity index (χ1n) is 2.28. The zero-order valence-corrected chi connectivity index (χ0v) is 9.16. The minimum atomic E-state index is -0.883. The second-order valence-electron chi connectivity index (χ2n) is 1.54. The third-order valence-electron chi connectivity index (χ3n) is 0.920. The standard InChI is InChI=1S/C5H2BrIO2S/c6-3-2(5(8)9)1-10-4(3)7/h1H,(H,8,9). The Kier molecular flexibility index (Phi) is 2.70. The maximum absolute atomic E-state index is 10.4. The Labute approximate surface area is 83.5 Å². The molecule has 0 atom stereocenters. The van der Waals surface area contributed by atoms with Gasteiger partial charge in [-0.25, -0.2) is 4.79 Å². The van der Waals surface area contributed by atoms with E-state index in [0.29, 0.717) is 10.0 Å². The molecule has 0 unspecified atom stereocenters. The normalized spacial score (nSPS) is 9.80. The Bertz CT molecular complexity index is 271. The maximum Gasteiger partial charge on any atom is 0.337 e. The van der Waals surface area contributed by atoms with Crippen molar-refractivity contribution in [2.75, 3.05) is 0 Å². The summed E-state index contributed by atoms with van der Waals surface area (Å²) in [6.45, 7) is 0. The van der Waals surface area contributed by atoms with Gasteiger partial charge in [0.05, 0.1) is 12.9 Å². The summed E-state index contributed by atoms with van der Waals surface area (Å²) in [5, 5.41) is 10.2. The van der Waals surface area contributed by atoms with E-state index in [0.717, 1.165) is 2.88 Å². The lowest BCUT2D eigenvalue weighted by molar-refractivity contribution is 0.0696. The van der Waals surface area contributed by atoms with Crippen LogP contribution in [0.5, 0.6) is 0 Å². The summed E-state index contributed by atoms with van der Waals surface area (Å²) in [6.07, 6.45) is 0. The molecule has 0 amide bonds. The van der Waals surface area contributed by atoms with Crippen molar-refractivity contribution >= 4 is 55.8 Å². The Balaban J connectivity index is 3.17. The summed E-state index contributed by atoms with van der Waals surface area (Å²) in [5.74, 6) is -0.883. The fourth-order valence-electron chi connectivity index (χ4n) is 0.464. The highest BCUT2D eigenvalue weighted by Crippen LogP contribution is 2.29. The zero-order valence-electron chi connectivity index (χ0n) is 4.60. The van der Waals surface area contributed by atoms with Crippen LogP contribution in [0.1, 0.15) is 10.4 Å². The van der Waals surface area contributed by atoms with Crippen molar-refractivity contribution in [3.63, 3.8) is 0 Å². The molecule has 0 aromatic carbocycles. The molecule has 1 aromatic heterocycles. The Morgan fingerprint density at radius 1 is 1.80 bits per heavy atom. The molecule has 0 aliphatic rings. The quantitative estimate of drug-likeness (QED) is 0.803. The fraction of sp³-hybridized carbons (Fsp3) is 0. The van der Waals surface area contributed by atoms with Crippen LogP contribution >= 0.6 is 49.9 Å². The van der Waals surface area contributed by atoms with Crippen LogP contribution in [0.15, 0.2) is 9.85 Å². The number of hydrogen-bond donors (Lipinski definition) is 1. The van der Waals surface area contributed by atoms with Gasteiger partial charge in [0.25, 0.3) is 0 Å². The summed E-state index contributed by atoms with van der Waals surface area (Å²) in [7, 11) is 0. The Hall–Kier alpha value is 0.380. The smallest absolute Gasteiger partial charge is 0.337 e. The number of halogens is 2. The van der Waals surface area contributed by atoms with E-state index in [1.165, 1.54) is 11.3 Å². The van der Waals surface area contributed by atoms with Gasteiger partial charge >= 0.3 is 5.97 Å². The lowest BCUT2D eigenvalue weighted by Gasteiger charge is -1.87. The van der Waals surface area contributed by atoms with E-state index >= 15 is 0 Å². The van der Waals surface area contributed by atoms with Crippen LogP contribution in [-0.4, -0.2) is 11.1 Å². The molecule has 0 bridgehead atoms. The molecule has 1 rings (SSSR count). The van der Waals surface area contributed by atoms with Gasteiger partial charge in [0, 0.05) is 5.38 Å². The lowest BCUT2D eigenvalue weighted by Crippen LogP contribution is -1.93. The molecule has 0 aliphatic carbocycles. The van der Waals surface area contributed by atoms with Crippen LogP contribution in [-0.2, 0) is 0 Å². The first kappa shape index (κ1) is 8.48. The van der Waals surface area contributed by atoms with Crippen molar-refractivity contribution < 1.29 is 9.90 Å². The molecule has 54 valence electrons. The van der Waals surface area contributed by atoms with E-state index in [2.05, 4.69) is 38.5 Å².